The zero-order valence-corrected chi connectivity index (χ0v) is 19.1. The summed E-state index contributed by atoms with van der Waals surface area (Å²) in [5, 5.41) is 0. The van der Waals surface area contributed by atoms with Crippen LogP contribution in [0, 0.1) is 53.3 Å². The second-order valence-corrected chi connectivity index (χ2v) is 11.6. The van der Waals surface area contributed by atoms with E-state index in [4.69, 9.17) is 4.74 Å². The van der Waals surface area contributed by atoms with E-state index in [9.17, 15) is 0 Å². The van der Waals surface area contributed by atoms with Gasteiger partial charge in [-0.2, -0.15) is 0 Å². The highest BCUT2D eigenvalue weighted by Crippen LogP contribution is 2.72. The van der Waals surface area contributed by atoms with E-state index in [1.807, 2.05) is 5.57 Å². The molecule has 0 aromatic rings. The second kappa shape index (κ2) is 7.14. The molecule has 4 aliphatic carbocycles. The molecule has 0 aromatic heterocycles. The summed E-state index contributed by atoms with van der Waals surface area (Å²) in [5.41, 5.74) is 2.16. The predicted molar refractivity (Wildman–Crippen MR) is 117 cm³/mol. The fourth-order valence-corrected chi connectivity index (χ4v) is 9.42. The van der Waals surface area contributed by atoms with Crippen LogP contribution in [0.4, 0.5) is 0 Å². The first-order chi connectivity index (χ1) is 13.5. The Morgan fingerprint density at radius 3 is 2.57 bits per heavy atom. The molecule has 4 saturated carbocycles. The summed E-state index contributed by atoms with van der Waals surface area (Å²) in [7, 11) is 0. The fourth-order valence-electron chi connectivity index (χ4n) is 9.42. The van der Waals surface area contributed by atoms with E-state index in [-0.39, 0.29) is 0 Å². The minimum atomic E-state index is 0.319. The van der Waals surface area contributed by atoms with Crippen molar-refractivity contribution in [2.24, 2.45) is 53.3 Å². The molecule has 4 bridgehead atoms. The van der Waals surface area contributed by atoms with Crippen molar-refractivity contribution in [1.29, 1.82) is 0 Å². The number of rotatable bonds is 7. The first-order valence-electron chi connectivity index (χ1n) is 12.9. The van der Waals surface area contributed by atoms with Crippen LogP contribution in [-0.4, -0.2) is 11.7 Å². The lowest BCUT2D eigenvalue weighted by Gasteiger charge is -2.45. The number of allylic oxidation sites excluding steroid dienone is 2. The Bertz CT molecular complexity index is 622. The average molecular weight is 385 g/mol. The van der Waals surface area contributed by atoms with Crippen molar-refractivity contribution < 1.29 is 4.74 Å². The summed E-state index contributed by atoms with van der Waals surface area (Å²) in [4.78, 5) is 0. The first kappa shape index (κ1) is 19.7. The van der Waals surface area contributed by atoms with Gasteiger partial charge >= 0.3 is 0 Å². The molecule has 1 saturated heterocycles. The van der Waals surface area contributed by atoms with Gasteiger partial charge in [0.15, 0.2) is 0 Å². The lowest BCUT2D eigenvalue weighted by atomic mass is 9.59. The smallest absolute Gasteiger partial charge is 0.0979 e. The van der Waals surface area contributed by atoms with Crippen LogP contribution < -0.4 is 0 Å². The lowest BCUT2D eigenvalue weighted by Crippen LogP contribution is -2.43. The van der Waals surface area contributed by atoms with E-state index in [1.165, 1.54) is 57.8 Å². The van der Waals surface area contributed by atoms with Crippen LogP contribution in [0.25, 0.3) is 0 Å². The maximum absolute atomic E-state index is 6.35. The van der Waals surface area contributed by atoms with Gasteiger partial charge < -0.3 is 4.74 Å². The highest BCUT2D eigenvalue weighted by Gasteiger charge is 2.72. The Kier molecular flexibility index (Phi) is 5.01. The summed E-state index contributed by atoms with van der Waals surface area (Å²) < 4.78 is 6.35. The third-order valence-corrected chi connectivity index (χ3v) is 10.5. The minimum Gasteiger partial charge on any atom is -0.366 e. The Morgan fingerprint density at radius 2 is 1.93 bits per heavy atom. The molecule has 1 spiro atoms. The molecule has 5 aliphatic rings. The Morgan fingerprint density at radius 1 is 1.14 bits per heavy atom. The van der Waals surface area contributed by atoms with Gasteiger partial charge in [0.1, 0.15) is 0 Å². The molecule has 0 radical (unpaired) electrons. The zero-order valence-electron chi connectivity index (χ0n) is 19.1. The lowest BCUT2D eigenvalue weighted by molar-refractivity contribution is 0.0309. The zero-order chi connectivity index (χ0) is 19.6. The topological polar surface area (TPSA) is 12.5 Å². The molecule has 0 N–H and O–H groups in total. The molecule has 1 aliphatic heterocycles. The largest absolute Gasteiger partial charge is 0.366 e. The molecule has 1 heteroatoms. The maximum atomic E-state index is 6.35. The Labute approximate surface area is 174 Å². The number of hydrogen-bond acceptors (Lipinski definition) is 1. The van der Waals surface area contributed by atoms with Gasteiger partial charge in [-0.15, -0.1) is 0 Å². The molecule has 0 aromatic carbocycles. The van der Waals surface area contributed by atoms with Crippen molar-refractivity contribution in [2.75, 3.05) is 0 Å². The quantitative estimate of drug-likeness (QED) is 0.332. The Hall–Kier alpha value is -0.300. The molecule has 5 fully saturated rings. The monoisotopic (exact) mass is 384 g/mol. The van der Waals surface area contributed by atoms with Gasteiger partial charge in [-0.3, -0.25) is 0 Å². The highest BCUT2D eigenvalue weighted by atomic mass is 16.6. The van der Waals surface area contributed by atoms with Gasteiger partial charge in [-0.1, -0.05) is 58.1 Å². The number of fused-ring (bicyclic) bond motifs is 5. The van der Waals surface area contributed by atoms with E-state index in [0.717, 1.165) is 53.3 Å². The van der Waals surface area contributed by atoms with Crippen LogP contribution >= 0.6 is 0 Å². The van der Waals surface area contributed by atoms with Crippen LogP contribution in [0.1, 0.15) is 92.4 Å². The first-order valence-corrected chi connectivity index (χ1v) is 12.9. The molecular formula is C27H44O. The van der Waals surface area contributed by atoms with Gasteiger partial charge in [0.2, 0.25) is 0 Å². The molecule has 11 atom stereocenters. The van der Waals surface area contributed by atoms with Gasteiger partial charge in [-0.05, 0) is 99.2 Å². The number of ether oxygens (including phenoxy) is 1. The standard InChI is InChI=1S/C27H44O/c1-6-9-10-16(4)11-23-24-14-20(15-27(24)17(5)28-27)25(23)26-21(8-3)19-12-18(7-2)22(26)13-19/h7,16-17,19-26H,6,8-15H2,1-5H3/b18-7+. The molecule has 28 heavy (non-hydrogen) atoms. The average Bonchev–Trinajstić information content (AvgIpc) is 3.14. The number of unbranched alkanes of at least 4 members (excludes halogenated alkanes) is 1. The summed E-state index contributed by atoms with van der Waals surface area (Å²) in [6.45, 7) is 12.1. The van der Waals surface area contributed by atoms with Crippen molar-refractivity contribution in [1.82, 2.24) is 0 Å². The van der Waals surface area contributed by atoms with Gasteiger partial charge in [-0.25, -0.2) is 0 Å². The normalized spacial score (nSPS) is 53.6. The summed E-state index contributed by atoms with van der Waals surface area (Å²) in [5.74, 6) is 8.66. The molecule has 1 heterocycles. The number of hydrogen-bond donors (Lipinski definition) is 0. The molecular weight excluding hydrogens is 340 g/mol. The van der Waals surface area contributed by atoms with Crippen LogP contribution in [-0.2, 0) is 4.74 Å². The van der Waals surface area contributed by atoms with Crippen LogP contribution in [0.5, 0.6) is 0 Å². The summed E-state index contributed by atoms with van der Waals surface area (Å²) in [6.07, 6.45) is 16.0. The fraction of sp³-hybridized carbons (Fsp3) is 0.926. The van der Waals surface area contributed by atoms with Crippen molar-refractivity contribution in [2.45, 2.75) is 104 Å². The highest BCUT2D eigenvalue weighted by molar-refractivity contribution is 5.25. The van der Waals surface area contributed by atoms with Crippen LogP contribution in [0.2, 0.25) is 0 Å². The SMILES string of the molecule is C/C=C1\CC2CC1C(C1C3CC(C1CC(C)CCCC)C1(C3)OC1C)C2CC. The maximum Gasteiger partial charge on any atom is 0.0979 e. The Balaban J connectivity index is 1.42. The van der Waals surface area contributed by atoms with Crippen LogP contribution in [0.3, 0.4) is 0 Å². The van der Waals surface area contributed by atoms with Crippen molar-refractivity contribution >= 4 is 0 Å². The molecule has 5 rings (SSSR count). The van der Waals surface area contributed by atoms with Gasteiger partial charge in [0.25, 0.3) is 0 Å². The summed E-state index contributed by atoms with van der Waals surface area (Å²) >= 11 is 0. The summed E-state index contributed by atoms with van der Waals surface area (Å²) in [6, 6.07) is 0. The molecule has 1 nitrogen and oxygen atoms in total. The van der Waals surface area contributed by atoms with Gasteiger partial charge in [0, 0.05) is 0 Å². The van der Waals surface area contributed by atoms with E-state index < -0.39 is 0 Å². The van der Waals surface area contributed by atoms with Crippen molar-refractivity contribution in [3.05, 3.63) is 11.6 Å². The predicted octanol–water partition coefficient (Wildman–Crippen LogP) is 7.26. The molecule has 0 amide bonds. The molecule has 11 unspecified atom stereocenters. The van der Waals surface area contributed by atoms with E-state index in [2.05, 4.69) is 40.7 Å². The van der Waals surface area contributed by atoms with E-state index >= 15 is 0 Å². The third-order valence-electron chi connectivity index (χ3n) is 10.5. The van der Waals surface area contributed by atoms with Crippen molar-refractivity contribution in [3.8, 4) is 0 Å². The second-order valence-electron chi connectivity index (χ2n) is 11.6. The van der Waals surface area contributed by atoms with E-state index in [1.54, 1.807) is 0 Å². The van der Waals surface area contributed by atoms with Gasteiger partial charge in [0.05, 0.1) is 11.7 Å². The number of epoxide rings is 1. The molecule has 158 valence electrons. The van der Waals surface area contributed by atoms with Crippen LogP contribution in [0.15, 0.2) is 11.6 Å². The van der Waals surface area contributed by atoms with E-state index in [0.29, 0.717) is 11.7 Å². The third kappa shape index (κ3) is 2.74. The van der Waals surface area contributed by atoms with Crippen molar-refractivity contribution in [3.63, 3.8) is 0 Å². The minimum absolute atomic E-state index is 0.319.